The number of anilines is 1. The average molecular weight is 437 g/mol. The zero-order valence-electron chi connectivity index (χ0n) is 18.0. The second-order valence-electron chi connectivity index (χ2n) is 8.31. The first-order valence-electron chi connectivity index (χ1n) is 9.89. The Morgan fingerprint density at radius 3 is 2.35 bits per heavy atom. The van der Waals surface area contributed by atoms with Crippen molar-refractivity contribution < 1.29 is 9.59 Å². The van der Waals surface area contributed by atoms with E-state index in [0.29, 0.717) is 16.8 Å². The van der Waals surface area contributed by atoms with Crippen molar-refractivity contribution in [3.8, 4) is 0 Å². The number of carbonyl (C=O) groups is 2. The molecule has 1 N–H and O–H groups in total. The molecule has 1 aromatic carbocycles. The summed E-state index contributed by atoms with van der Waals surface area (Å²) >= 11 is 5.91. The maximum absolute atomic E-state index is 13.7. The van der Waals surface area contributed by atoms with Gasteiger partial charge in [-0.25, -0.2) is 4.98 Å². The fourth-order valence-corrected chi connectivity index (χ4v) is 3.32. The molecule has 3 rings (SSSR count). The van der Waals surface area contributed by atoms with Crippen LogP contribution in [0, 0.1) is 6.92 Å². The molecular formula is C24H25ClN4O2. The lowest BCUT2D eigenvalue weighted by Gasteiger charge is -2.34. The number of amides is 2. The van der Waals surface area contributed by atoms with Crippen LogP contribution in [0.3, 0.4) is 0 Å². The van der Waals surface area contributed by atoms with Crippen LogP contribution < -0.4 is 10.2 Å². The highest BCUT2D eigenvalue weighted by Crippen LogP contribution is 2.30. The summed E-state index contributed by atoms with van der Waals surface area (Å²) in [7, 11) is 0. The summed E-state index contributed by atoms with van der Waals surface area (Å²) in [4.78, 5) is 36.8. The number of nitrogens with zero attached hydrogens (tertiary/aromatic N) is 3. The van der Waals surface area contributed by atoms with Crippen molar-refractivity contribution in [3.63, 3.8) is 0 Å². The Hall–Kier alpha value is -3.25. The Morgan fingerprint density at radius 1 is 1.06 bits per heavy atom. The third-order valence-corrected chi connectivity index (χ3v) is 4.72. The second kappa shape index (κ2) is 9.27. The molecule has 0 unspecified atom stereocenters. The van der Waals surface area contributed by atoms with Crippen LogP contribution in [-0.2, 0) is 4.79 Å². The summed E-state index contributed by atoms with van der Waals surface area (Å²) in [6.45, 7) is 7.63. The Labute approximate surface area is 187 Å². The van der Waals surface area contributed by atoms with E-state index in [4.69, 9.17) is 11.6 Å². The van der Waals surface area contributed by atoms with Gasteiger partial charge in [0, 0.05) is 29.8 Å². The van der Waals surface area contributed by atoms with Crippen LogP contribution in [0.4, 0.5) is 5.69 Å². The number of aromatic nitrogens is 2. The summed E-state index contributed by atoms with van der Waals surface area (Å²) in [6, 6.07) is 13.2. The van der Waals surface area contributed by atoms with E-state index in [0.717, 1.165) is 5.56 Å². The molecule has 2 heterocycles. The molecule has 0 radical (unpaired) electrons. The van der Waals surface area contributed by atoms with Crippen molar-refractivity contribution in [1.82, 2.24) is 15.3 Å². The molecule has 2 amide bonds. The molecule has 0 saturated carbocycles. The summed E-state index contributed by atoms with van der Waals surface area (Å²) in [6.07, 6.45) is 4.63. The summed E-state index contributed by atoms with van der Waals surface area (Å²) < 4.78 is 0. The molecule has 160 valence electrons. The van der Waals surface area contributed by atoms with Crippen molar-refractivity contribution in [3.05, 3.63) is 89.0 Å². The standard InChI is InChI=1S/C24H25ClN4O2/c1-16-6-5-7-19(14-16)29(23(31)18-8-9-20(25)27-15-18)21(17-10-12-26-13-11-17)22(30)28-24(2,3)4/h5-15,21H,1-4H3,(H,28,30)/t21-/m0/s1. The normalized spacial score (nSPS) is 12.2. The van der Waals surface area contributed by atoms with Crippen LogP contribution in [0.1, 0.15) is 48.3 Å². The van der Waals surface area contributed by atoms with E-state index in [-0.39, 0.29) is 17.0 Å². The van der Waals surface area contributed by atoms with E-state index < -0.39 is 11.6 Å². The van der Waals surface area contributed by atoms with E-state index in [1.165, 1.54) is 11.1 Å². The molecule has 0 bridgehead atoms. The van der Waals surface area contributed by atoms with Crippen LogP contribution in [0.15, 0.2) is 67.1 Å². The van der Waals surface area contributed by atoms with Gasteiger partial charge in [-0.15, -0.1) is 0 Å². The smallest absolute Gasteiger partial charge is 0.260 e. The van der Waals surface area contributed by atoms with Gasteiger partial charge >= 0.3 is 0 Å². The number of pyridine rings is 2. The maximum atomic E-state index is 13.7. The predicted molar refractivity (Wildman–Crippen MR) is 122 cm³/mol. The lowest BCUT2D eigenvalue weighted by atomic mass is 10.0. The van der Waals surface area contributed by atoms with Gasteiger partial charge in [-0.2, -0.15) is 0 Å². The van der Waals surface area contributed by atoms with Gasteiger partial charge in [0.05, 0.1) is 5.56 Å². The van der Waals surface area contributed by atoms with Gasteiger partial charge in [-0.3, -0.25) is 19.5 Å². The molecule has 0 aliphatic rings. The SMILES string of the molecule is Cc1cccc(N(C(=O)c2ccc(Cl)nc2)[C@H](C(=O)NC(C)(C)C)c2ccncc2)c1. The van der Waals surface area contributed by atoms with Crippen molar-refractivity contribution in [2.75, 3.05) is 4.90 Å². The summed E-state index contributed by atoms with van der Waals surface area (Å²) in [5.41, 5.74) is 2.06. The van der Waals surface area contributed by atoms with Crippen molar-refractivity contribution in [2.45, 2.75) is 39.3 Å². The van der Waals surface area contributed by atoms with Gasteiger partial charge < -0.3 is 5.32 Å². The number of rotatable bonds is 5. The lowest BCUT2D eigenvalue weighted by molar-refractivity contribution is -0.123. The number of benzene rings is 1. The van der Waals surface area contributed by atoms with Gasteiger partial charge in [-0.05, 0) is 75.2 Å². The molecule has 0 aliphatic heterocycles. The van der Waals surface area contributed by atoms with Gasteiger partial charge in [0.15, 0.2) is 0 Å². The summed E-state index contributed by atoms with van der Waals surface area (Å²) in [5.74, 6) is -0.656. The highest BCUT2D eigenvalue weighted by atomic mass is 35.5. The fourth-order valence-electron chi connectivity index (χ4n) is 3.20. The zero-order chi connectivity index (χ0) is 22.6. The predicted octanol–water partition coefficient (Wildman–Crippen LogP) is 4.74. The fraction of sp³-hybridized carbons (Fsp3) is 0.250. The molecule has 0 saturated heterocycles. The molecule has 0 aliphatic carbocycles. The molecule has 3 aromatic rings. The Kier molecular flexibility index (Phi) is 6.71. The van der Waals surface area contributed by atoms with Crippen molar-refractivity contribution in [2.24, 2.45) is 0 Å². The highest BCUT2D eigenvalue weighted by molar-refractivity contribution is 6.29. The number of hydrogen-bond donors (Lipinski definition) is 1. The number of aryl methyl sites for hydroxylation is 1. The lowest BCUT2D eigenvalue weighted by Crippen LogP contribution is -2.49. The molecule has 7 heteroatoms. The van der Waals surface area contributed by atoms with E-state index >= 15 is 0 Å². The first-order chi connectivity index (χ1) is 14.7. The Morgan fingerprint density at radius 2 is 1.77 bits per heavy atom. The van der Waals surface area contributed by atoms with Crippen LogP contribution >= 0.6 is 11.6 Å². The average Bonchev–Trinajstić information content (AvgIpc) is 2.71. The molecule has 6 nitrogen and oxygen atoms in total. The molecule has 31 heavy (non-hydrogen) atoms. The number of halogens is 1. The molecule has 0 spiro atoms. The number of nitrogens with one attached hydrogen (secondary N) is 1. The van der Waals surface area contributed by atoms with E-state index in [9.17, 15) is 9.59 Å². The van der Waals surface area contributed by atoms with Gasteiger partial charge in [0.1, 0.15) is 11.2 Å². The quantitative estimate of drug-likeness (QED) is 0.586. The maximum Gasteiger partial charge on any atom is 0.260 e. The minimum absolute atomic E-state index is 0.287. The Balaban J connectivity index is 2.18. The van der Waals surface area contributed by atoms with E-state index in [1.807, 2.05) is 52.0 Å². The van der Waals surface area contributed by atoms with E-state index in [2.05, 4.69) is 15.3 Å². The molecular weight excluding hydrogens is 412 g/mol. The highest BCUT2D eigenvalue weighted by Gasteiger charge is 2.35. The molecule has 2 aromatic heterocycles. The topological polar surface area (TPSA) is 75.2 Å². The minimum Gasteiger partial charge on any atom is -0.349 e. The van der Waals surface area contributed by atoms with Gasteiger partial charge in [0.25, 0.3) is 5.91 Å². The third kappa shape index (κ3) is 5.67. The number of carbonyl (C=O) groups excluding carboxylic acids is 2. The molecule has 1 atom stereocenters. The first kappa shape index (κ1) is 22.4. The van der Waals surface area contributed by atoms with Gasteiger partial charge in [-0.1, -0.05) is 23.7 Å². The Bertz CT molecular complexity index is 1060. The van der Waals surface area contributed by atoms with Crippen LogP contribution in [0.5, 0.6) is 0 Å². The van der Waals surface area contributed by atoms with Crippen LogP contribution in [-0.4, -0.2) is 27.3 Å². The summed E-state index contributed by atoms with van der Waals surface area (Å²) in [5, 5.41) is 3.29. The second-order valence-corrected chi connectivity index (χ2v) is 8.69. The van der Waals surface area contributed by atoms with Gasteiger partial charge in [0.2, 0.25) is 5.91 Å². The molecule has 0 fully saturated rings. The van der Waals surface area contributed by atoms with Crippen molar-refractivity contribution >= 4 is 29.1 Å². The van der Waals surface area contributed by atoms with Crippen LogP contribution in [0.2, 0.25) is 5.15 Å². The minimum atomic E-state index is -0.910. The van der Waals surface area contributed by atoms with E-state index in [1.54, 1.807) is 36.7 Å². The largest absolute Gasteiger partial charge is 0.349 e. The first-order valence-corrected chi connectivity index (χ1v) is 10.3. The van der Waals surface area contributed by atoms with Crippen molar-refractivity contribution in [1.29, 1.82) is 0 Å². The van der Waals surface area contributed by atoms with Crippen LogP contribution in [0.25, 0.3) is 0 Å². The number of hydrogen-bond acceptors (Lipinski definition) is 4. The zero-order valence-corrected chi connectivity index (χ0v) is 18.7. The monoisotopic (exact) mass is 436 g/mol. The third-order valence-electron chi connectivity index (χ3n) is 4.50.